The summed E-state index contributed by atoms with van der Waals surface area (Å²) in [6.07, 6.45) is 6.30. The van der Waals surface area contributed by atoms with Crippen molar-refractivity contribution in [1.29, 1.82) is 0 Å². The van der Waals surface area contributed by atoms with Gasteiger partial charge in [0, 0.05) is 6.04 Å². The summed E-state index contributed by atoms with van der Waals surface area (Å²) in [5.74, 6) is 1.50. The summed E-state index contributed by atoms with van der Waals surface area (Å²) in [6, 6.07) is 9.66. The van der Waals surface area contributed by atoms with Gasteiger partial charge in [0.05, 0.1) is 0 Å². The minimum absolute atomic E-state index is 0.467. The van der Waals surface area contributed by atoms with Crippen LogP contribution >= 0.6 is 0 Å². The van der Waals surface area contributed by atoms with Crippen LogP contribution in [0.1, 0.15) is 56.6 Å². The lowest BCUT2D eigenvalue weighted by atomic mass is 9.82. The molecule has 0 spiro atoms. The highest BCUT2D eigenvalue weighted by molar-refractivity contribution is 5.25. The first kappa shape index (κ1) is 12.6. The maximum atomic E-state index is 5.94. The number of hydrogen-bond donors (Lipinski definition) is 1. The van der Waals surface area contributed by atoms with Gasteiger partial charge in [-0.25, -0.2) is 0 Å². The van der Waals surface area contributed by atoms with Gasteiger partial charge >= 0.3 is 0 Å². The van der Waals surface area contributed by atoms with Crippen molar-refractivity contribution in [2.75, 3.05) is 0 Å². The summed E-state index contributed by atoms with van der Waals surface area (Å²) >= 11 is 0. The van der Waals surface area contributed by atoms with Crippen LogP contribution in [0.15, 0.2) is 24.3 Å². The van der Waals surface area contributed by atoms with Crippen LogP contribution in [0.2, 0.25) is 0 Å². The average Bonchev–Trinajstić information content (AvgIpc) is 2.33. The van der Waals surface area contributed by atoms with E-state index < -0.39 is 0 Å². The normalized spacial score (nSPS) is 25.2. The van der Waals surface area contributed by atoms with Crippen LogP contribution in [0.3, 0.4) is 0 Å². The van der Waals surface area contributed by atoms with E-state index in [0.29, 0.717) is 12.0 Å². The van der Waals surface area contributed by atoms with Gasteiger partial charge in [0.2, 0.25) is 0 Å². The molecule has 1 aromatic rings. The second-order valence-corrected chi connectivity index (χ2v) is 5.88. The molecule has 2 N–H and O–H groups in total. The zero-order valence-corrected chi connectivity index (χ0v) is 11.2. The third-order valence-corrected chi connectivity index (χ3v) is 4.06. The van der Waals surface area contributed by atoms with E-state index in [1.807, 2.05) is 0 Å². The van der Waals surface area contributed by atoms with Gasteiger partial charge in [-0.1, -0.05) is 38.1 Å². The molecule has 0 aliphatic heterocycles. The van der Waals surface area contributed by atoms with Gasteiger partial charge in [-0.2, -0.15) is 0 Å². The van der Waals surface area contributed by atoms with Crippen molar-refractivity contribution in [2.24, 2.45) is 11.7 Å². The first-order valence-electron chi connectivity index (χ1n) is 6.99. The molecular formula is C16H25N. The Bertz CT molecular complexity index is 331. The van der Waals surface area contributed by atoms with E-state index >= 15 is 0 Å². The first-order chi connectivity index (χ1) is 8.15. The number of rotatable bonds is 3. The highest BCUT2D eigenvalue weighted by atomic mass is 14.6. The molecule has 0 heterocycles. The molecule has 94 valence electrons. The number of benzene rings is 1. The SMILES string of the molecule is CC(C)c1ccc(CC2CCC(N)CC2)cc1. The van der Waals surface area contributed by atoms with Crippen molar-refractivity contribution >= 4 is 0 Å². The number of nitrogens with two attached hydrogens (primary N) is 1. The van der Waals surface area contributed by atoms with Crippen molar-refractivity contribution in [3.63, 3.8) is 0 Å². The second kappa shape index (κ2) is 5.68. The van der Waals surface area contributed by atoms with E-state index in [9.17, 15) is 0 Å². The third kappa shape index (κ3) is 3.57. The van der Waals surface area contributed by atoms with Crippen LogP contribution in [-0.2, 0) is 6.42 Å². The minimum atomic E-state index is 0.467. The molecule has 0 unspecified atom stereocenters. The molecule has 0 radical (unpaired) electrons. The van der Waals surface area contributed by atoms with E-state index in [4.69, 9.17) is 5.73 Å². The van der Waals surface area contributed by atoms with Crippen molar-refractivity contribution < 1.29 is 0 Å². The van der Waals surface area contributed by atoms with Gasteiger partial charge in [0.25, 0.3) is 0 Å². The van der Waals surface area contributed by atoms with E-state index in [1.165, 1.54) is 43.2 Å². The molecule has 17 heavy (non-hydrogen) atoms. The maximum absolute atomic E-state index is 5.94. The van der Waals surface area contributed by atoms with Crippen LogP contribution in [0.5, 0.6) is 0 Å². The molecule has 1 aromatic carbocycles. The molecule has 0 amide bonds. The molecular weight excluding hydrogens is 206 g/mol. The van der Waals surface area contributed by atoms with Gasteiger partial charge in [-0.15, -0.1) is 0 Å². The molecule has 1 heteroatoms. The summed E-state index contributed by atoms with van der Waals surface area (Å²) in [4.78, 5) is 0. The molecule has 1 aliphatic rings. The zero-order chi connectivity index (χ0) is 12.3. The van der Waals surface area contributed by atoms with Crippen molar-refractivity contribution in [3.8, 4) is 0 Å². The summed E-state index contributed by atoms with van der Waals surface area (Å²) in [5, 5.41) is 0. The molecule has 0 aromatic heterocycles. The Morgan fingerprint density at radius 3 is 2.18 bits per heavy atom. The smallest absolute Gasteiger partial charge is 0.00390 e. The van der Waals surface area contributed by atoms with Crippen molar-refractivity contribution in [1.82, 2.24) is 0 Å². The summed E-state index contributed by atoms with van der Waals surface area (Å²) in [6.45, 7) is 4.50. The molecule has 1 nitrogen and oxygen atoms in total. The molecule has 0 bridgehead atoms. The van der Waals surface area contributed by atoms with Gasteiger partial charge in [-0.05, 0) is 55.1 Å². The van der Waals surface area contributed by atoms with Crippen LogP contribution < -0.4 is 5.73 Å². The van der Waals surface area contributed by atoms with Crippen LogP contribution in [-0.4, -0.2) is 6.04 Å². The maximum Gasteiger partial charge on any atom is 0.00390 e. The molecule has 1 fully saturated rings. The molecule has 1 saturated carbocycles. The largest absolute Gasteiger partial charge is 0.328 e. The molecule has 1 aliphatic carbocycles. The number of hydrogen-bond acceptors (Lipinski definition) is 1. The predicted molar refractivity (Wildman–Crippen MR) is 74.2 cm³/mol. The van der Waals surface area contributed by atoms with Crippen LogP contribution in [0.25, 0.3) is 0 Å². The monoisotopic (exact) mass is 231 g/mol. The minimum Gasteiger partial charge on any atom is -0.328 e. The Kier molecular flexibility index (Phi) is 4.22. The highest BCUT2D eigenvalue weighted by Crippen LogP contribution is 2.27. The van der Waals surface area contributed by atoms with E-state index in [2.05, 4.69) is 38.1 Å². The topological polar surface area (TPSA) is 26.0 Å². The van der Waals surface area contributed by atoms with E-state index in [-0.39, 0.29) is 0 Å². The average molecular weight is 231 g/mol. The lowest BCUT2D eigenvalue weighted by Gasteiger charge is -2.26. The summed E-state index contributed by atoms with van der Waals surface area (Å²) in [7, 11) is 0. The predicted octanol–water partition coefficient (Wildman–Crippen LogP) is 3.87. The Morgan fingerprint density at radius 1 is 1.06 bits per heavy atom. The first-order valence-corrected chi connectivity index (χ1v) is 6.99. The fourth-order valence-electron chi connectivity index (χ4n) is 2.76. The molecule has 0 saturated heterocycles. The lowest BCUT2D eigenvalue weighted by molar-refractivity contribution is 0.325. The highest BCUT2D eigenvalue weighted by Gasteiger charge is 2.18. The quantitative estimate of drug-likeness (QED) is 0.839. The fraction of sp³-hybridized carbons (Fsp3) is 0.625. The Hall–Kier alpha value is -0.820. The van der Waals surface area contributed by atoms with Gasteiger partial charge < -0.3 is 5.73 Å². The van der Waals surface area contributed by atoms with E-state index in [1.54, 1.807) is 0 Å². The Morgan fingerprint density at radius 2 is 1.65 bits per heavy atom. The van der Waals surface area contributed by atoms with Crippen LogP contribution in [0.4, 0.5) is 0 Å². The van der Waals surface area contributed by atoms with E-state index in [0.717, 1.165) is 5.92 Å². The van der Waals surface area contributed by atoms with Crippen molar-refractivity contribution in [3.05, 3.63) is 35.4 Å². The fourth-order valence-corrected chi connectivity index (χ4v) is 2.76. The summed E-state index contributed by atoms with van der Waals surface area (Å²) < 4.78 is 0. The van der Waals surface area contributed by atoms with Gasteiger partial charge in [-0.3, -0.25) is 0 Å². The standard InChI is InChI=1S/C16H25N/c1-12(2)15-7-3-13(4-8-15)11-14-5-9-16(17)10-6-14/h3-4,7-8,12,14,16H,5-6,9-11,17H2,1-2H3. The van der Waals surface area contributed by atoms with Crippen molar-refractivity contribution in [2.45, 2.75) is 57.9 Å². The Labute approximate surface area is 105 Å². The van der Waals surface area contributed by atoms with Crippen LogP contribution in [0, 0.1) is 5.92 Å². The Balaban J connectivity index is 1.90. The lowest BCUT2D eigenvalue weighted by Crippen LogP contribution is -2.27. The summed E-state index contributed by atoms with van der Waals surface area (Å²) in [5.41, 5.74) is 8.88. The molecule has 2 rings (SSSR count). The zero-order valence-electron chi connectivity index (χ0n) is 11.2. The van der Waals surface area contributed by atoms with Gasteiger partial charge in [0.15, 0.2) is 0 Å². The van der Waals surface area contributed by atoms with Gasteiger partial charge in [0.1, 0.15) is 0 Å². The molecule has 0 atom stereocenters. The third-order valence-electron chi connectivity index (χ3n) is 4.06. The second-order valence-electron chi connectivity index (χ2n) is 5.88.